The monoisotopic (exact) mass is 432 g/mol. The molecule has 4 rings (SSSR count). The zero-order chi connectivity index (χ0) is 19.3. The number of amides is 1. The number of nitrogens with zero attached hydrogens (tertiary/aromatic N) is 3. The number of anilines is 2. The Kier molecular flexibility index (Phi) is 6.23. The molecule has 28 heavy (non-hydrogen) atoms. The van der Waals surface area contributed by atoms with E-state index in [9.17, 15) is 4.79 Å². The predicted molar refractivity (Wildman–Crippen MR) is 115 cm³/mol. The van der Waals surface area contributed by atoms with Crippen LogP contribution in [0.25, 0.3) is 0 Å². The molecule has 0 spiro atoms. The number of para-hydroxylation sites is 1. The summed E-state index contributed by atoms with van der Waals surface area (Å²) in [5, 5.41) is 12.7. The van der Waals surface area contributed by atoms with E-state index in [0.29, 0.717) is 17.5 Å². The maximum Gasteiger partial charge on any atom is 0.237 e. The summed E-state index contributed by atoms with van der Waals surface area (Å²) in [5.74, 6) is 1.29. The highest BCUT2D eigenvalue weighted by molar-refractivity contribution is 8.01. The summed E-state index contributed by atoms with van der Waals surface area (Å²) >= 11 is 4.72. The first-order valence-corrected chi connectivity index (χ1v) is 11.7. The van der Waals surface area contributed by atoms with Crippen molar-refractivity contribution in [1.29, 1.82) is 0 Å². The molecule has 0 aliphatic carbocycles. The van der Waals surface area contributed by atoms with E-state index in [2.05, 4.69) is 28.5 Å². The number of fused-ring (bicyclic) bond motifs is 1. The Balaban J connectivity index is 1.35. The minimum Gasteiger partial charge on any atom is -0.467 e. The third-order valence-corrected chi connectivity index (χ3v) is 7.50. The van der Waals surface area contributed by atoms with E-state index in [1.807, 2.05) is 47.0 Å². The fraction of sp³-hybridized carbons (Fsp3) is 0.316. The van der Waals surface area contributed by atoms with Crippen molar-refractivity contribution in [3.63, 3.8) is 0 Å². The number of aromatic nitrogens is 2. The molecule has 2 aromatic heterocycles. The van der Waals surface area contributed by atoms with Gasteiger partial charge in [-0.15, -0.1) is 22.0 Å². The molecule has 0 fully saturated rings. The normalized spacial score (nSPS) is 16.5. The zero-order valence-corrected chi connectivity index (χ0v) is 17.8. The molecular formula is C19H20N4O2S3. The molecule has 1 atom stereocenters. The lowest BCUT2D eigenvalue weighted by molar-refractivity contribution is -0.116. The lowest BCUT2D eigenvalue weighted by Gasteiger charge is -2.22. The number of thioether (sulfide) groups is 2. The van der Waals surface area contributed by atoms with E-state index in [4.69, 9.17) is 4.42 Å². The molecule has 3 heterocycles. The summed E-state index contributed by atoms with van der Waals surface area (Å²) in [5.41, 5.74) is 1.01. The third-order valence-electron chi connectivity index (χ3n) is 4.26. The molecule has 6 nitrogen and oxygen atoms in total. The van der Waals surface area contributed by atoms with Gasteiger partial charge in [0.15, 0.2) is 4.34 Å². The third kappa shape index (κ3) is 4.71. The van der Waals surface area contributed by atoms with Crippen LogP contribution < -0.4 is 10.2 Å². The van der Waals surface area contributed by atoms with Crippen LogP contribution >= 0.6 is 34.9 Å². The first-order valence-electron chi connectivity index (χ1n) is 8.97. The van der Waals surface area contributed by atoms with E-state index < -0.39 is 0 Å². The van der Waals surface area contributed by atoms with Crippen LogP contribution in [0, 0.1) is 0 Å². The fourth-order valence-corrected chi connectivity index (χ4v) is 5.60. The van der Waals surface area contributed by atoms with E-state index in [1.165, 1.54) is 28.0 Å². The zero-order valence-electron chi connectivity index (χ0n) is 15.3. The average molecular weight is 433 g/mol. The second-order valence-electron chi connectivity index (χ2n) is 6.32. The number of carbonyl (C=O) groups excluding carboxylic acids is 1. The summed E-state index contributed by atoms with van der Waals surface area (Å²) in [7, 11) is 0. The molecule has 1 aromatic carbocycles. The van der Waals surface area contributed by atoms with Gasteiger partial charge in [0, 0.05) is 16.7 Å². The van der Waals surface area contributed by atoms with Crippen LogP contribution in [0.4, 0.5) is 10.8 Å². The van der Waals surface area contributed by atoms with E-state index in [0.717, 1.165) is 33.9 Å². The molecule has 1 aliphatic heterocycles. The van der Waals surface area contributed by atoms with Gasteiger partial charge in [-0.05, 0) is 30.7 Å². The van der Waals surface area contributed by atoms with Gasteiger partial charge in [0.05, 0.1) is 24.2 Å². The number of carbonyl (C=O) groups is 1. The molecule has 146 valence electrons. The van der Waals surface area contributed by atoms with Crippen LogP contribution in [-0.4, -0.2) is 33.7 Å². The van der Waals surface area contributed by atoms with Gasteiger partial charge >= 0.3 is 0 Å². The van der Waals surface area contributed by atoms with Crippen molar-refractivity contribution in [2.45, 2.75) is 34.4 Å². The number of furan rings is 1. The molecule has 1 amide bonds. The first-order chi connectivity index (χ1) is 13.7. The lowest BCUT2D eigenvalue weighted by Crippen LogP contribution is -2.33. The summed E-state index contributed by atoms with van der Waals surface area (Å²) in [6, 6.07) is 11.9. The quantitative estimate of drug-likeness (QED) is 0.563. The van der Waals surface area contributed by atoms with Gasteiger partial charge in [-0.3, -0.25) is 4.79 Å². The van der Waals surface area contributed by atoms with Crippen LogP contribution in [0.3, 0.4) is 0 Å². The van der Waals surface area contributed by atoms with Gasteiger partial charge in [-0.1, -0.05) is 42.2 Å². The molecule has 0 saturated heterocycles. The van der Waals surface area contributed by atoms with Crippen LogP contribution in [-0.2, 0) is 11.3 Å². The van der Waals surface area contributed by atoms with Gasteiger partial charge in [-0.25, -0.2) is 0 Å². The highest BCUT2D eigenvalue weighted by Crippen LogP contribution is 2.37. The Morgan fingerprint density at radius 2 is 2.21 bits per heavy atom. The highest BCUT2D eigenvalue weighted by Gasteiger charge is 2.24. The lowest BCUT2D eigenvalue weighted by atomic mass is 10.2. The van der Waals surface area contributed by atoms with Crippen LogP contribution in [0.2, 0.25) is 0 Å². The second-order valence-corrected chi connectivity index (χ2v) is 10.0. The fourth-order valence-electron chi connectivity index (χ4n) is 2.86. The molecular weight excluding hydrogens is 412 g/mol. The number of nitrogens with one attached hydrogen (secondary N) is 1. The summed E-state index contributed by atoms with van der Waals surface area (Å²) in [6.07, 6.45) is 2.62. The molecule has 1 N–H and O–H groups in total. The van der Waals surface area contributed by atoms with Crippen molar-refractivity contribution in [3.05, 3.63) is 48.4 Å². The predicted octanol–water partition coefficient (Wildman–Crippen LogP) is 4.75. The standard InChI is InChI=1S/C19H20N4O2S3/c1-13-8-9-23(15-6-2-3-7-16(15)27-13)17(24)12-26-19-22-21-18(28-19)20-11-14-5-4-10-25-14/h2-7,10,13H,8-9,11-12H2,1H3,(H,20,21). The summed E-state index contributed by atoms with van der Waals surface area (Å²) < 4.78 is 6.07. The molecule has 0 bridgehead atoms. The van der Waals surface area contributed by atoms with Crippen LogP contribution in [0.5, 0.6) is 0 Å². The molecule has 1 unspecified atom stereocenters. The highest BCUT2D eigenvalue weighted by atomic mass is 32.2. The van der Waals surface area contributed by atoms with Crippen molar-refractivity contribution in [2.75, 3.05) is 22.5 Å². The second kappa shape index (κ2) is 9.02. The minimum atomic E-state index is 0.104. The maximum atomic E-state index is 12.9. The number of hydrogen-bond donors (Lipinski definition) is 1. The largest absolute Gasteiger partial charge is 0.467 e. The number of benzene rings is 1. The van der Waals surface area contributed by atoms with Crippen molar-refractivity contribution in [3.8, 4) is 0 Å². The average Bonchev–Trinajstić information content (AvgIpc) is 3.34. The van der Waals surface area contributed by atoms with Gasteiger partial charge in [0.1, 0.15) is 5.76 Å². The van der Waals surface area contributed by atoms with Crippen molar-refractivity contribution >= 4 is 51.6 Å². The van der Waals surface area contributed by atoms with E-state index in [-0.39, 0.29) is 5.91 Å². The van der Waals surface area contributed by atoms with Gasteiger partial charge in [-0.2, -0.15) is 0 Å². The molecule has 0 radical (unpaired) electrons. The summed E-state index contributed by atoms with van der Waals surface area (Å²) in [4.78, 5) is 16.0. The smallest absolute Gasteiger partial charge is 0.237 e. The maximum absolute atomic E-state index is 12.9. The van der Waals surface area contributed by atoms with Crippen LogP contribution in [0.15, 0.2) is 56.3 Å². The van der Waals surface area contributed by atoms with Crippen molar-refractivity contribution < 1.29 is 9.21 Å². The summed E-state index contributed by atoms with van der Waals surface area (Å²) in [6.45, 7) is 3.52. The Morgan fingerprint density at radius 3 is 3.07 bits per heavy atom. The molecule has 0 saturated carbocycles. The molecule has 9 heteroatoms. The van der Waals surface area contributed by atoms with Gasteiger partial charge < -0.3 is 14.6 Å². The van der Waals surface area contributed by atoms with Crippen LogP contribution in [0.1, 0.15) is 19.1 Å². The number of hydrogen-bond acceptors (Lipinski definition) is 8. The Bertz CT molecular complexity index is 929. The van der Waals surface area contributed by atoms with Gasteiger partial charge in [0.2, 0.25) is 11.0 Å². The van der Waals surface area contributed by atoms with E-state index in [1.54, 1.807) is 6.26 Å². The SMILES string of the molecule is CC1CCN(C(=O)CSc2nnc(NCc3ccco3)s2)c2ccccc2S1. The molecule has 3 aromatic rings. The first kappa shape index (κ1) is 19.4. The van der Waals surface area contributed by atoms with Crippen molar-refractivity contribution in [2.24, 2.45) is 0 Å². The van der Waals surface area contributed by atoms with Gasteiger partial charge in [0.25, 0.3) is 0 Å². The number of rotatable bonds is 6. The van der Waals surface area contributed by atoms with E-state index >= 15 is 0 Å². The molecule has 1 aliphatic rings. The Hall–Kier alpha value is -1.97. The Morgan fingerprint density at radius 1 is 1.32 bits per heavy atom. The Labute approximate surface area is 176 Å². The topological polar surface area (TPSA) is 71.3 Å². The van der Waals surface area contributed by atoms with Crippen molar-refractivity contribution in [1.82, 2.24) is 10.2 Å². The minimum absolute atomic E-state index is 0.104.